The summed E-state index contributed by atoms with van der Waals surface area (Å²) in [6.45, 7) is 1.40. The molecule has 4 aliphatic rings. The number of hydrogen-bond donors (Lipinski definition) is 0. The van der Waals surface area contributed by atoms with Gasteiger partial charge >= 0.3 is 0 Å². The first-order valence-corrected chi connectivity index (χ1v) is 9.81. The van der Waals surface area contributed by atoms with Gasteiger partial charge in [0.15, 0.2) is 12.1 Å². The number of aromatic nitrogens is 3. The summed E-state index contributed by atoms with van der Waals surface area (Å²) < 4.78 is 11.6. The van der Waals surface area contributed by atoms with Crippen LogP contribution in [0.4, 0.5) is 0 Å². The number of hydrogen-bond acceptors (Lipinski definition) is 6. The quantitative estimate of drug-likeness (QED) is 0.839. The van der Waals surface area contributed by atoms with E-state index in [9.17, 15) is 4.79 Å². The van der Waals surface area contributed by atoms with Crippen molar-refractivity contribution in [2.45, 2.75) is 62.2 Å². The van der Waals surface area contributed by atoms with E-state index in [-0.39, 0.29) is 11.3 Å². The monoisotopic (exact) mass is 354 g/mol. The van der Waals surface area contributed by atoms with Gasteiger partial charge in [-0.1, -0.05) is 6.42 Å². The summed E-state index contributed by atoms with van der Waals surface area (Å²) in [4.78, 5) is 19.3. The molecule has 0 radical (unpaired) electrons. The molecule has 0 spiro atoms. The molecule has 2 aromatic rings. The van der Waals surface area contributed by atoms with Crippen molar-refractivity contribution in [2.24, 2.45) is 5.92 Å². The first kappa shape index (κ1) is 14.9. The zero-order chi connectivity index (χ0) is 17.3. The SMILES string of the molecule is O=C(c1ncoc1C1CC1)N1C[C@@H]2CCC[C@]2(c2nnc(C3CC3)o2)C1. The minimum atomic E-state index is -0.167. The molecular weight excluding hydrogens is 332 g/mol. The van der Waals surface area contributed by atoms with Crippen LogP contribution in [0.1, 0.15) is 84.8 Å². The number of oxazole rings is 1. The summed E-state index contributed by atoms with van der Waals surface area (Å²) in [7, 11) is 0. The molecule has 26 heavy (non-hydrogen) atoms. The first-order chi connectivity index (χ1) is 12.7. The third kappa shape index (κ3) is 2.12. The van der Waals surface area contributed by atoms with Crippen molar-refractivity contribution >= 4 is 5.91 Å². The predicted molar refractivity (Wildman–Crippen MR) is 89.7 cm³/mol. The van der Waals surface area contributed by atoms with Crippen LogP contribution < -0.4 is 0 Å². The normalized spacial score (nSPS) is 30.8. The summed E-state index contributed by atoms with van der Waals surface area (Å²) in [5, 5.41) is 8.71. The zero-order valence-corrected chi connectivity index (χ0v) is 14.7. The molecular formula is C19H22N4O3. The van der Waals surface area contributed by atoms with Gasteiger partial charge in [0, 0.05) is 24.9 Å². The van der Waals surface area contributed by atoms with Crippen LogP contribution in [0.2, 0.25) is 0 Å². The van der Waals surface area contributed by atoms with Crippen LogP contribution in [0.25, 0.3) is 0 Å². The number of nitrogens with zero attached hydrogens (tertiary/aromatic N) is 4. The van der Waals surface area contributed by atoms with Gasteiger partial charge in [0.1, 0.15) is 5.76 Å². The number of likely N-dealkylation sites (tertiary alicyclic amines) is 1. The second-order valence-corrected chi connectivity index (χ2v) is 8.49. The highest BCUT2D eigenvalue weighted by molar-refractivity contribution is 5.93. The Hall–Kier alpha value is -2.18. The maximum absolute atomic E-state index is 13.1. The van der Waals surface area contributed by atoms with E-state index in [0.717, 1.165) is 69.0 Å². The molecule has 7 heteroatoms. The zero-order valence-electron chi connectivity index (χ0n) is 14.7. The lowest BCUT2D eigenvalue weighted by molar-refractivity contribution is 0.0768. The van der Waals surface area contributed by atoms with Gasteiger partial charge in [0.05, 0.1) is 5.41 Å². The molecule has 0 N–H and O–H groups in total. The van der Waals surface area contributed by atoms with Crippen molar-refractivity contribution in [3.63, 3.8) is 0 Å². The number of carbonyl (C=O) groups excluding carboxylic acids is 1. The Labute approximate surface area is 151 Å². The molecule has 4 fully saturated rings. The largest absolute Gasteiger partial charge is 0.447 e. The molecule has 1 amide bonds. The minimum absolute atomic E-state index is 0.00337. The Kier molecular flexibility index (Phi) is 2.97. The van der Waals surface area contributed by atoms with Gasteiger partial charge in [0.2, 0.25) is 11.8 Å². The second kappa shape index (κ2) is 5.18. The van der Waals surface area contributed by atoms with Gasteiger partial charge in [-0.2, -0.15) is 0 Å². The molecule has 0 unspecified atom stereocenters. The van der Waals surface area contributed by atoms with Crippen LogP contribution in [0, 0.1) is 5.92 Å². The average Bonchev–Trinajstić information content (AvgIpc) is 3.46. The average molecular weight is 354 g/mol. The second-order valence-electron chi connectivity index (χ2n) is 8.49. The molecule has 2 aromatic heterocycles. The van der Waals surface area contributed by atoms with Crippen LogP contribution >= 0.6 is 0 Å². The summed E-state index contributed by atoms with van der Waals surface area (Å²) in [5.74, 6) is 3.55. The molecule has 136 valence electrons. The van der Waals surface area contributed by atoms with Gasteiger partial charge in [-0.25, -0.2) is 4.98 Å². The Bertz CT molecular complexity index is 866. The van der Waals surface area contributed by atoms with Crippen molar-refractivity contribution in [3.05, 3.63) is 29.6 Å². The summed E-state index contributed by atoms with van der Waals surface area (Å²) in [6, 6.07) is 0. The molecule has 7 nitrogen and oxygen atoms in total. The molecule has 2 atom stereocenters. The molecule has 3 saturated carbocycles. The van der Waals surface area contributed by atoms with Gasteiger partial charge < -0.3 is 13.7 Å². The fourth-order valence-corrected chi connectivity index (χ4v) is 4.93. The van der Waals surface area contributed by atoms with Crippen molar-refractivity contribution < 1.29 is 13.6 Å². The number of rotatable bonds is 4. The van der Waals surface area contributed by atoms with Crippen LogP contribution in [-0.2, 0) is 5.41 Å². The predicted octanol–water partition coefficient (Wildman–Crippen LogP) is 3.01. The van der Waals surface area contributed by atoms with Crippen molar-refractivity contribution in [1.82, 2.24) is 20.1 Å². The van der Waals surface area contributed by atoms with E-state index in [1.807, 2.05) is 4.90 Å². The van der Waals surface area contributed by atoms with Gasteiger partial charge in [-0.05, 0) is 44.4 Å². The number of amides is 1. The van der Waals surface area contributed by atoms with E-state index in [1.165, 1.54) is 6.39 Å². The molecule has 3 aliphatic carbocycles. The van der Waals surface area contributed by atoms with E-state index in [2.05, 4.69) is 15.2 Å². The van der Waals surface area contributed by atoms with E-state index in [0.29, 0.717) is 30.0 Å². The Morgan fingerprint density at radius 1 is 1.15 bits per heavy atom. The van der Waals surface area contributed by atoms with Gasteiger partial charge in [0.25, 0.3) is 5.91 Å². The fourth-order valence-electron chi connectivity index (χ4n) is 4.93. The molecule has 1 aliphatic heterocycles. The summed E-state index contributed by atoms with van der Waals surface area (Å²) >= 11 is 0. The Morgan fingerprint density at radius 3 is 2.81 bits per heavy atom. The van der Waals surface area contributed by atoms with Gasteiger partial charge in [-0.15, -0.1) is 10.2 Å². The number of carbonyl (C=O) groups is 1. The highest BCUT2D eigenvalue weighted by Gasteiger charge is 2.55. The topological polar surface area (TPSA) is 85.3 Å². The minimum Gasteiger partial charge on any atom is -0.447 e. The van der Waals surface area contributed by atoms with Crippen molar-refractivity contribution in [2.75, 3.05) is 13.1 Å². The Balaban J connectivity index is 1.30. The third-order valence-electron chi connectivity index (χ3n) is 6.70. The van der Waals surface area contributed by atoms with Crippen molar-refractivity contribution in [3.8, 4) is 0 Å². The van der Waals surface area contributed by atoms with Gasteiger partial charge in [-0.3, -0.25) is 4.79 Å². The van der Waals surface area contributed by atoms with Crippen LogP contribution in [0.3, 0.4) is 0 Å². The fraction of sp³-hybridized carbons (Fsp3) is 0.684. The summed E-state index contributed by atoms with van der Waals surface area (Å²) in [6.07, 6.45) is 9.18. The Morgan fingerprint density at radius 2 is 2.00 bits per heavy atom. The molecule has 3 heterocycles. The smallest absolute Gasteiger partial charge is 0.276 e. The van der Waals surface area contributed by atoms with E-state index in [4.69, 9.17) is 8.83 Å². The molecule has 1 saturated heterocycles. The van der Waals surface area contributed by atoms with E-state index in [1.54, 1.807) is 0 Å². The molecule has 6 rings (SSSR count). The highest BCUT2D eigenvalue weighted by Crippen LogP contribution is 2.51. The van der Waals surface area contributed by atoms with Crippen molar-refractivity contribution in [1.29, 1.82) is 0 Å². The maximum atomic E-state index is 13.1. The van der Waals surface area contributed by atoms with Crippen LogP contribution in [-0.4, -0.2) is 39.1 Å². The highest BCUT2D eigenvalue weighted by atomic mass is 16.4. The standard InChI is InChI=1S/C19H22N4O3/c24-17(14-15(11-3-4-11)25-10-20-14)23-8-13-2-1-7-19(13,9-23)18-22-21-16(26-18)12-5-6-12/h10-13H,1-9H2/t13-,19-/m0/s1. The van der Waals surface area contributed by atoms with E-state index >= 15 is 0 Å². The van der Waals surface area contributed by atoms with Crippen LogP contribution in [0.15, 0.2) is 15.2 Å². The maximum Gasteiger partial charge on any atom is 0.276 e. The lowest BCUT2D eigenvalue weighted by Crippen LogP contribution is -2.35. The lowest BCUT2D eigenvalue weighted by atomic mass is 9.80. The first-order valence-electron chi connectivity index (χ1n) is 9.81. The lowest BCUT2D eigenvalue weighted by Gasteiger charge is -2.24. The number of fused-ring (bicyclic) bond motifs is 1. The van der Waals surface area contributed by atoms with E-state index < -0.39 is 0 Å². The van der Waals surface area contributed by atoms with Crippen LogP contribution in [0.5, 0.6) is 0 Å². The molecule has 0 aromatic carbocycles. The third-order valence-corrected chi connectivity index (χ3v) is 6.70. The summed E-state index contributed by atoms with van der Waals surface area (Å²) in [5.41, 5.74) is 0.339. The molecule has 0 bridgehead atoms.